The van der Waals surface area contributed by atoms with Gasteiger partial charge in [0, 0.05) is 34.9 Å². The smallest absolute Gasteiger partial charge is 0.111 e. The van der Waals surface area contributed by atoms with Gasteiger partial charge in [-0.1, -0.05) is 40.5 Å². The van der Waals surface area contributed by atoms with Crippen molar-refractivity contribution in [1.82, 2.24) is 9.55 Å². The van der Waals surface area contributed by atoms with Crippen LogP contribution in [0.3, 0.4) is 0 Å². The molecule has 0 spiro atoms. The van der Waals surface area contributed by atoms with Gasteiger partial charge in [0.25, 0.3) is 0 Å². The number of aryl methyl sites for hydroxylation is 1. The first-order valence-corrected chi connectivity index (χ1v) is 7.42. The summed E-state index contributed by atoms with van der Waals surface area (Å²) in [4.78, 5) is 4.31. The molecule has 0 bridgehead atoms. The highest BCUT2D eigenvalue weighted by molar-refractivity contribution is 9.10. The molecule has 0 saturated carbocycles. The molecule has 0 radical (unpaired) electrons. The summed E-state index contributed by atoms with van der Waals surface area (Å²) in [6.45, 7) is 3.04. The minimum absolute atomic E-state index is 0.493. The molecule has 5 heteroatoms. The van der Waals surface area contributed by atoms with Crippen LogP contribution in [0, 0.1) is 0 Å². The third kappa shape index (κ3) is 3.59. The van der Waals surface area contributed by atoms with Crippen molar-refractivity contribution in [3.8, 4) is 0 Å². The Hall–Kier alpha value is -0.840. The molecule has 19 heavy (non-hydrogen) atoms. The van der Waals surface area contributed by atoms with Crippen molar-refractivity contribution in [1.29, 1.82) is 0 Å². The number of hydrogen-bond donors (Lipinski definition) is 1. The quantitative estimate of drug-likeness (QED) is 0.891. The predicted molar refractivity (Wildman–Crippen MR) is 80.3 cm³/mol. The van der Waals surface area contributed by atoms with Crippen LogP contribution in [-0.4, -0.2) is 14.7 Å². The van der Waals surface area contributed by atoms with Crippen molar-refractivity contribution in [2.45, 2.75) is 32.4 Å². The van der Waals surface area contributed by atoms with Crippen LogP contribution in [0.1, 0.15) is 30.8 Å². The van der Waals surface area contributed by atoms with Gasteiger partial charge in [-0.25, -0.2) is 4.98 Å². The summed E-state index contributed by atoms with van der Waals surface area (Å²) >= 11 is 9.33. The lowest BCUT2D eigenvalue weighted by Gasteiger charge is -2.14. The van der Waals surface area contributed by atoms with E-state index in [4.69, 9.17) is 11.6 Å². The number of aromatic nitrogens is 2. The molecule has 0 amide bonds. The van der Waals surface area contributed by atoms with Crippen molar-refractivity contribution in [3.63, 3.8) is 0 Å². The van der Waals surface area contributed by atoms with Crippen molar-refractivity contribution in [3.05, 3.63) is 51.5 Å². The zero-order valence-corrected chi connectivity index (χ0v) is 13.0. The molecule has 0 aliphatic rings. The van der Waals surface area contributed by atoms with Gasteiger partial charge in [0.15, 0.2) is 0 Å². The molecule has 0 aliphatic heterocycles. The summed E-state index contributed by atoms with van der Waals surface area (Å²) in [5, 5.41) is 11.0. The van der Waals surface area contributed by atoms with Crippen molar-refractivity contribution in [2.75, 3.05) is 0 Å². The van der Waals surface area contributed by atoms with E-state index in [9.17, 15) is 5.11 Å². The number of halogens is 2. The third-order valence-electron chi connectivity index (χ3n) is 2.96. The van der Waals surface area contributed by atoms with Crippen molar-refractivity contribution in [2.24, 2.45) is 0 Å². The summed E-state index contributed by atoms with van der Waals surface area (Å²) in [6.07, 6.45) is 4.67. The second kappa shape index (κ2) is 6.55. The molecule has 102 valence electrons. The van der Waals surface area contributed by atoms with Gasteiger partial charge in [0.2, 0.25) is 0 Å². The van der Waals surface area contributed by atoms with E-state index in [0.29, 0.717) is 11.4 Å². The fourth-order valence-corrected chi connectivity index (χ4v) is 2.98. The van der Waals surface area contributed by atoms with Crippen LogP contribution >= 0.6 is 27.5 Å². The largest absolute Gasteiger partial charge is 0.388 e. The average molecular weight is 344 g/mol. The van der Waals surface area contributed by atoms with Gasteiger partial charge in [-0.3, -0.25) is 0 Å². The topological polar surface area (TPSA) is 38.0 Å². The molecule has 0 fully saturated rings. The minimum Gasteiger partial charge on any atom is -0.388 e. The fraction of sp³-hybridized carbons (Fsp3) is 0.357. The van der Waals surface area contributed by atoms with E-state index in [2.05, 4.69) is 32.4 Å². The Morgan fingerprint density at radius 1 is 1.47 bits per heavy atom. The fourth-order valence-electron chi connectivity index (χ4n) is 2.03. The molecule has 1 N–H and O–H groups in total. The van der Waals surface area contributed by atoms with E-state index in [-0.39, 0.29) is 0 Å². The number of nitrogens with zero attached hydrogens (tertiary/aromatic N) is 2. The lowest BCUT2D eigenvalue weighted by atomic mass is 10.1. The van der Waals surface area contributed by atoms with Crippen LogP contribution < -0.4 is 0 Å². The monoisotopic (exact) mass is 342 g/mol. The first-order valence-electron chi connectivity index (χ1n) is 6.24. The Kier molecular flexibility index (Phi) is 5.02. The van der Waals surface area contributed by atoms with Crippen LogP contribution in [0.5, 0.6) is 0 Å². The van der Waals surface area contributed by atoms with Crippen molar-refractivity contribution < 1.29 is 5.11 Å². The summed E-state index contributed by atoms with van der Waals surface area (Å²) in [5.41, 5.74) is 0.829. The highest BCUT2D eigenvalue weighted by Gasteiger charge is 2.15. The van der Waals surface area contributed by atoms with Gasteiger partial charge in [0.05, 0.1) is 6.10 Å². The molecule has 1 atom stereocenters. The van der Waals surface area contributed by atoms with Gasteiger partial charge in [-0.15, -0.1) is 0 Å². The maximum absolute atomic E-state index is 10.3. The SMILES string of the molecule is CCCn1ccnc1CC(O)c1ccc(Cl)cc1Br. The van der Waals surface area contributed by atoms with Crippen LogP contribution in [0.2, 0.25) is 5.02 Å². The zero-order valence-electron chi connectivity index (χ0n) is 10.7. The number of imidazole rings is 1. The molecular weight excluding hydrogens is 328 g/mol. The zero-order chi connectivity index (χ0) is 13.8. The molecule has 2 aromatic rings. The molecule has 3 nitrogen and oxygen atoms in total. The van der Waals surface area contributed by atoms with Crippen LogP contribution in [0.25, 0.3) is 0 Å². The van der Waals surface area contributed by atoms with Gasteiger partial charge >= 0.3 is 0 Å². The summed E-state index contributed by atoms with van der Waals surface area (Å²) < 4.78 is 2.90. The normalized spacial score (nSPS) is 12.6. The number of benzene rings is 1. The van der Waals surface area contributed by atoms with Crippen LogP contribution in [-0.2, 0) is 13.0 Å². The molecular formula is C14H16BrClN2O. The van der Waals surface area contributed by atoms with Gasteiger partial charge in [0.1, 0.15) is 5.82 Å². The summed E-state index contributed by atoms with van der Waals surface area (Å²) in [5.74, 6) is 0.899. The number of aliphatic hydroxyl groups excluding tert-OH is 1. The van der Waals surface area contributed by atoms with Crippen LogP contribution in [0.15, 0.2) is 35.1 Å². The predicted octanol–water partition coefficient (Wildman–Crippen LogP) is 3.99. The number of aliphatic hydroxyl groups is 1. The Labute approximate surface area is 126 Å². The average Bonchev–Trinajstić information content (AvgIpc) is 2.77. The maximum Gasteiger partial charge on any atom is 0.111 e. The van der Waals surface area contributed by atoms with Crippen molar-refractivity contribution >= 4 is 27.5 Å². The third-order valence-corrected chi connectivity index (χ3v) is 3.89. The summed E-state index contributed by atoms with van der Waals surface area (Å²) in [6, 6.07) is 5.41. The van der Waals surface area contributed by atoms with E-state index in [0.717, 1.165) is 28.8 Å². The molecule has 0 aliphatic carbocycles. The molecule has 1 unspecified atom stereocenters. The second-order valence-electron chi connectivity index (χ2n) is 4.42. The Bertz CT molecular complexity index is 556. The Balaban J connectivity index is 2.16. The first kappa shape index (κ1) is 14.6. The van der Waals surface area contributed by atoms with E-state index >= 15 is 0 Å². The summed E-state index contributed by atoms with van der Waals surface area (Å²) in [7, 11) is 0. The molecule has 1 aromatic carbocycles. The lowest BCUT2D eigenvalue weighted by molar-refractivity contribution is 0.173. The highest BCUT2D eigenvalue weighted by Crippen LogP contribution is 2.28. The second-order valence-corrected chi connectivity index (χ2v) is 5.71. The van der Waals surface area contributed by atoms with Gasteiger partial charge < -0.3 is 9.67 Å². The molecule has 1 heterocycles. The molecule has 0 saturated heterocycles. The molecule has 1 aromatic heterocycles. The van der Waals surface area contributed by atoms with Gasteiger partial charge in [-0.05, 0) is 24.1 Å². The Morgan fingerprint density at radius 2 is 2.26 bits per heavy atom. The van der Waals surface area contributed by atoms with E-state index in [1.54, 1.807) is 18.3 Å². The minimum atomic E-state index is -0.593. The number of rotatable bonds is 5. The van der Waals surface area contributed by atoms with E-state index < -0.39 is 6.10 Å². The standard InChI is InChI=1S/C14H16BrClN2O/c1-2-6-18-7-5-17-14(18)9-13(19)11-4-3-10(16)8-12(11)15/h3-5,7-8,13,19H,2,6,9H2,1H3. The van der Waals surface area contributed by atoms with Crippen LogP contribution in [0.4, 0.5) is 0 Å². The Morgan fingerprint density at radius 3 is 2.95 bits per heavy atom. The molecule has 2 rings (SSSR count). The lowest BCUT2D eigenvalue weighted by Crippen LogP contribution is -2.09. The highest BCUT2D eigenvalue weighted by atomic mass is 79.9. The van der Waals surface area contributed by atoms with E-state index in [1.165, 1.54) is 0 Å². The maximum atomic E-state index is 10.3. The van der Waals surface area contributed by atoms with E-state index in [1.807, 2.05) is 12.3 Å². The number of hydrogen-bond acceptors (Lipinski definition) is 2. The van der Waals surface area contributed by atoms with Gasteiger partial charge in [-0.2, -0.15) is 0 Å². The first-order chi connectivity index (χ1) is 9.11.